The number of anilines is 1. The Bertz CT molecular complexity index is 718. The van der Waals surface area contributed by atoms with Gasteiger partial charge in [-0.05, 0) is 24.3 Å². The van der Waals surface area contributed by atoms with E-state index in [2.05, 4.69) is 9.88 Å². The van der Waals surface area contributed by atoms with Crippen LogP contribution in [0.15, 0.2) is 47.5 Å². The van der Waals surface area contributed by atoms with E-state index in [4.69, 9.17) is 0 Å². The Kier molecular flexibility index (Phi) is 3.91. The molecule has 1 aliphatic rings. The molecule has 0 bridgehead atoms. The highest BCUT2D eigenvalue weighted by atomic mass is 16.2. The minimum Gasteiger partial charge on any atom is -0.353 e. The van der Waals surface area contributed by atoms with Crippen molar-refractivity contribution in [2.75, 3.05) is 31.1 Å². The summed E-state index contributed by atoms with van der Waals surface area (Å²) < 4.78 is 1.43. The van der Waals surface area contributed by atoms with Crippen molar-refractivity contribution in [1.29, 1.82) is 0 Å². The lowest BCUT2D eigenvalue weighted by molar-refractivity contribution is 0.0744. The highest BCUT2D eigenvalue weighted by Crippen LogP contribution is 2.13. The number of piperazine rings is 1. The van der Waals surface area contributed by atoms with E-state index < -0.39 is 0 Å². The van der Waals surface area contributed by atoms with Crippen LogP contribution in [0.2, 0.25) is 0 Å². The zero-order valence-corrected chi connectivity index (χ0v) is 12.5. The van der Waals surface area contributed by atoms with Crippen LogP contribution in [0.25, 0.3) is 0 Å². The maximum absolute atomic E-state index is 12.5. The van der Waals surface area contributed by atoms with Gasteiger partial charge in [0.15, 0.2) is 0 Å². The van der Waals surface area contributed by atoms with E-state index in [9.17, 15) is 9.59 Å². The fourth-order valence-corrected chi connectivity index (χ4v) is 2.61. The van der Waals surface area contributed by atoms with Crippen molar-refractivity contribution >= 4 is 11.7 Å². The van der Waals surface area contributed by atoms with E-state index >= 15 is 0 Å². The zero-order chi connectivity index (χ0) is 15.5. The first-order valence-corrected chi connectivity index (χ1v) is 7.28. The minimum absolute atomic E-state index is 0.193. The average molecular weight is 298 g/mol. The molecule has 6 nitrogen and oxygen atoms in total. The molecule has 1 aliphatic heterocycles. The van der Waals surface area contributed by atoms with E-state index in [1.807, 2.05) is 18.2 Å². The molecule has 1 fully saturated rings. The third-order valence-corrected chi connectivity index (χ3v) is 3.89. The molecule has 2 aromatic heterocycles. The summed E-state index contributed by atoms with van der Waals surface area (Å²) in [6, 6.07) is 9.11. The van der Waals surface area contributed by atoms with Gasteiger partial charge in [0.2, 0.25) is 0 Å². The van der Waals surface area contributed by atoms with Crippen molar-refractivity contribution in [2.24, 2.45) is 7.05 Å². The third-order valence-electron chi connectivity index (χ3n) is 3.89. The summed E-state index contributed by atoms with van der Waals surface area (Å²) in [5, 5.41) is 0. The minimum atomic E-state index is -0.250. The van der Waals surface area contributed by atoms with Gasteiger partial charge in [-0.1, -0.05) is 6.07 Å². The number of hydrogen-bond acceptors (Lipinski definition) is 4. The first kappa shape index (κ1) is 14.3. The number of pyridine rings is 2. The second kappa shape index (κ2) is 6.01. The topological polar surface area (TPSA) is 58.4 Å². The molecule has 0 atom stereocenters. The maximum atomic E-state index is 12.5. The van der Waals surface area contributed by atoms with Crippen molar-refractivity contribution in [3.05, 3.63) is 58.6 Å². The molecule has 0 spiro atoms. The molecule has 22 heavy (non-hydrogen) atoms. The van der Waals surface area contributed by atoms with Crippen LogP contribution in [-0.2, 0) is 7.05 Å². The third kappa shape index (κ3) is 2.72. The molecule has 0 aliphatic carbocycles. The first-order valence-electron chi connectivity index (χ1n) is 7.28. The van der Waals surface area contributed by atoms with Crippen LogP contribution in [0.5, 0.6) is 0 Å². The molecule has 0 N–H and O–H groups in total. The smallest absolute Gasteiger partial charge is 0.263 e. The molecule has 1 amide bonds. The van der Waals surface area contributed by atoms with Crippen molar-refractivity contribution in [3.63, 3.8) is 0 Å². The van der Waals surface area contributed by atoms with Gasteiger partial charge in [0, 0.05) is 45.6 Å². The molecule has 6 heteroatoms. The van der Waals surface area contributed by atoms with Gasteiger partial charge in [-0.3, -0.25) is 9.59 Å². The second-order valence-corrected chi connectivity index (χ2v) is 5.31. The van der Waals surface area contributed by atoms with E-state index in [-0.39, 0.29) is 17.0 Å². The van der Waals surface area contributed by atoms with E-state index in [0.717, 1.165) is 18.9 Å². The Labute approximate surface area is 128 Å². The summed E-state index contributed by atoms with van der Waals surface area (Å²) in [5.41, 5.74) is -0.0176. The second-order valence-electron chi connectivity index (χ2n) is 5.31. The summed E-state index contributed by atoms with van der Waals surface area (Å²) in [6.45, 7) is 2.62. The van der Waals surface area contributed by atoms with Crippen molar-refractivity contribution in [2.45, 2.75) is 0 Å². The van der Waals surface area contributed by atoms with E-state index in [0.29, 0.717) is 13.1 Å². The van der Waals surface area contributed by atoms with Gasteiger partial charge in [-0.25, -0.2) is 4.98 Å². The van der Waals surface area contributed by atoms with Crippen LogP contribution in [0.4, 0.5) is 5.82 Å². The Morgan fingerprint density at radius 2 is 1.86 bits per heavy atom. The molecule has 0 radical (unpaired) electrons. The Balaban J connectivity index is 1.70. The molecule has 2 aromatic rings. The quantitative estimate of drug-likeness (QED) is 0.820. The number of carbonyl (C=O) groups excluding carboxylic acids is 1. The van der Waals surface area contributed by atoms with Crippen LogP contribution < -0.4 is 10.5 Å². The van der Waals surface area contributed by atoms with Crippen molar-refractivity contribution < 1.29 is 4.79 Å². The summed E-state index contributed by atoms with van der Waals surface area (Å²) in [7, 11) is 1.65. The van der Waals surface area contributed by atoms with E-state index in [1.165, 1.54) is 4.57 Å². The number of hydrogen-bond donors (Lipinski definition) is 0. The molecule has 3 rings (SSSR count). The SMILES string of the molecule is Cn1cccc(C(=O)N2CCN(c3ccccn3)CC2)c1=O. The molecule has 0 unspecified atom stereocenters. The van der Waals surface area contributed by atoms with Gasteiger partial charge < -0.3 is 14.4 Å². The largest absolute Gasteiger partial charge is 0.353 e. The normalized spacial score (nSPS) is 15.0. The number of aryl methyl sites for hydroxylation is 1. The average Bonchev–Trinajstić information content (AvgIpc) is 2.58. The number of rotatable bonds is 2. The lowest BCUT2D eigenvalue weighted by Gasteiger charge is -2.35. The Hall–Kier alpha value is -2.63. The lowest BCUT2D eigenvalue weighted by atomic mass is 10.2. The highest BCUT2D eigenvalue weighted by Gasteiger charge is 2.24. The molecular weight excluding hydrogens is 280 g/mol. The monoisotopic (exact) mass is 298 g/mol. The lowest BCUT2D eigenvalue weighted by Crippen LogP contribution is -2.50. The molecule has 114 valence electrons. The molecular formula is C16H18N4O2. The first-order chi connectivity index (χ1) is 10.7. The van der Waals surface area contributed by atoms with Gasteiger partial charge in [0.1, 0.15) is 11.4 Å². The van der Waals surface area contributed by atoms with Gasteiger partial charge in [0.25, 0.3) is 11.5 Å². The highest BCUT2D eigenvalue weighted by molar-refractivity contribution is 5.94. The fourth-order valence-electron chi connectivity index (χ4n) is 2.61. The zero-order valence-electron chi connectivity index (χ0n) is 12.5. The van der Waals surface area contributed by atoms with Crippen LogP contribution >= 0.6 is 0 Å². The predicted octanol–water partition coefficient (Wildman–Crippen LogP) is 0.743. The van der Waals surface area contributed by atoms with Crippen LogP contribution in [0.3, 0.4) is 0 Å². The van der Waals surface area contributed by atoms with Crippen molar-refractivity contribution in [1.82, 2.24) is 14.5 Å². The van der Waals surface area contributed by atoms with Crippen LogP contribution in [0.1, 0.15) is 10.4 Å². The van der Waals surface area contributed by atoms with Gasteiger partial charge in [-0.2, -0.15) is 0 Å². The standard InChI is InChI=1S/C16H18N4O2/c1-18-8-4-5-13(15(18)21)16(22)20-11-9-19(10-12-20)14-6-2-3-7-17-14/h2-8H,9-12H2,1H3. The number of aromatic nitrogens is 2. The van der Waals surface area contributed by atoms with Crippen molar-refractivity contribution in [3.8, 4) is 0 Å². The number of nitrogens with zero attached hydrogens (tertiary/aromatic N) is 4. The summed E-state index contributed by atoms with van der Waals surface area (Å²) in [6.07, 6.45) is 3.42. The maximum Gasteiger partial charge on any atom is 0.263 e. The molecule has 1 saturated heterocycles. The summed E-state index contributed by atoms with van der Waals surface area (Å²) in [4.78, 5) is 32.7. The molecule has 0 saturated carbocycles. The predicted molar refractivity (Wildman–Crippen MR) is 84.0 cm³/mol. The molecule has 3 heterocycles. The van der Waals surface area contributed by atoms with Crippen LogP contribution in [0, 0.1) is 0 Å². The number of amides is 1. The van der Waals surface area contributed by atoms with Gasteiger partial charge in [0.05, 0.1) is 0 Å². The Morgan fingerprint density at radius 3 is 2.55 bits per heavy atom. The van der Waals surface area contributed by atoms with Crippen LogP contribution in [-0.4, -0.2) is 46.5 Å². The fraction of sp³-hybridized carbons (Fsp3) is 0.312. The molecule has 0 aromatic carbocycles. The number of carbonyl (C=O) groups is 1. The summed E-state index contributed by atoms with van der Waals surface area (Å²) in [5.74, 6) is 0.729. The summed E-state index contributed by atoms with van der Waals surface area (Å²) >= 11 is 0. The van der Waals surface area contributed by atoms with Gasteiger partial charge in [-0.15, -0.1) is 0 Å². The van der Waals surface area contributed by atoms with E-state index in [1.54, 1.807) is 36.5 Å². The Morgan fingerprint density at radius 1 is 1.09 bits per heavy atom. The van der Waals surface area contributed by atoms with Gasteiger partial charge >= 0.3 is 0 Å².